The van der Waals surface area contributed by atoms with E-state index >= 15 is 8.78 Å². The SMILES string of the molecule is CN1CCN(C(=O)C=C2c3ccccc3N(C(=O)c3cnn(-c4ccccc4)c3C(F)(F)F)CCC2(F)F)CC1.Cl. The summed E-state index contributed by atoms with van der Waals surface area (Å²) in [5, 5.41) is 3.82. The number of rotatable bonds is 3. The third-order valence-corrected chi connectivity index (χ3v) is 7.13. The number of carbonyl (C=O) groups is 2. The van der Waals surface area contributed by atoms with Gasteiger partial charge in [0.05, 0.1) is 23.1 Å². The van der Waals surface area contributed by atoms with Crippen molar-refractivity contribution in [3.05, 3.63) is 83.7 Å². The van der Waals surface area contributed by atoms with Gasteiger partial charge in [0.25, 0.3) is 11.8 Å². The van der Waals surface area contributed by atoms with E-state index in [0.29, 0.717) is 30.9 Å². The lowest BCUT2D eigenvalue weighted by molar-refractivity contribution is -0.143. The molecule has 2 aliphatic rings. The summed E-state index contributed by atoms with van der Waals surface area (Å²) in [6.07, 6.45) is -4.15. The number of para-hydroxylation sites is 2. The summed E-state index contributed by atoms with van der Waals surface area (Å²) in [4.78, 5) is 31.1. The highest BCUT2D eigenvalue weighted by Crippen LogP contribution is 2.44. The van der Waals surface area contributed by atoms with Gasteiger partial charge in [0.1, 0.15) is 0 Å². The molecule has 13 heteroatoms. The number of aromatic nitrogens is 2. The van der Waals surface area contributed by atoms with E-state index in [0.717, 1.165) is 17.2 Å². The number of anilines is 1. The molecule has 1 saturated heterocycles. The first-order valence-electron chi connectivity index (χ1n) is 12.7. The minimum Gasteiger partial charge on any atom is -0.337 e. The monoisotopic (exact) mass is 595 g/mol. The van der Waals surface area contributed by atoms with E-state index < -0.39 is 53.7 Å². The van der Waals surface area contributed by atoms with Gasteiger partial charge in [0.2, 0.25) is 5.91 Å². The first-order valence-corrected chi connectivity index (χ1v) is 12.7. The Morgan fingerprint density at radius 1 is 0.927 bits per heavy atom. The third kappa shape index (κ3) is 5.98. The molecule has 0 aliphatic carbocycles. The molecule has 0 bridgehead atoms. The number of allylic oxidation sites excluding steroid dienone is 1. The number of hydrogen-bond donors (Lipinski definition) is 0. The van der Waals surface area contributed by atoms with Crippen LogP contribution < -0.4 is 4.90 Å². The second kappa shape index (κ2) is 11.6. The summed E-state index contributed by atoms with van der Waals surface area (Å²) in [5.41, 5.74) is -2.66. The van der Waals surface area contributed by atoms with Gasteiger partial charge in [0.15, 0.2) is 5.69 Å². The van der Waals surface area contributed by atoms with Crippen LogP contribution in [0.3, 0.4) is 0 Å². The van der Waals surface area contributed by atoms with Crippen LogP contribution in [0.25, 0.3) is 11.3 Å². The van der Waals surface area contributed by atoms with Crippen molar-refractivity contribution in [2.45, 2.75) is 18.5 Å². The summed E-state index contributed by atoms with van der Waals surface area (Å²) in [6.45, 7) is 1.38. The van der Waals surface area contributed by atoms with Crippen molar-refractivity contribution in [3.63, 3.8) is 0 Å². The summed E-state index contributed by atoms with van der Waals surface area (Å²) in [7, 11) is 1.90. The van der Waals surface area contributed by atoms with E-state index in [2.05, 4.69) is 5.10 Å². The molecule has 5 rings (SSSR count). The molecule has 2 aromatic carbocycles. The maximum absolute atomic E-state index is 15.5. The normalized spacial score (nSPS) is 18.4. The van der Waals surface area contributed by atoms with E-state index in [1.165, 1.54) is 53.4 Å². The van der Waals surface area contributed by atoms with Crippen LogP contribution in [0, 0.1) is 0 Å². The molecule has 0 N–H and O–H groups in total. The van der Waals surface area contributed by atoms with Crippen molar-refractivity contribution in [2.75, 3.05) is 44.7 Å². The molecule has 218 valence electrons. The molecule has 3 heterocycles. The fourth-order valence-corrected chi connectivity index (χ4v) is 4.97. The van der Waals surface area contributed by atoms with Crippen LogP contribution in [0.5, 0.6) is 0 Å². The highest BCUT2D eigenvalue weighted by atomic mass is 35.5. The number of likely N-dealkylation sites (N-methyl/N-ethyl adjacent to an activating group) is 1. The van der Waals surface area contributed by atoms with Gasteiger partial charge in [-0.2, -0.15) is 18.3 Å². The highest BCUT2D eigenvalue weighted by Gasteiger charge is 2.45. The molecular weight excluding hydrogens is 569 g/mol. The lowest BCUT2D eigenvalue weighted by Gasteiger charge is -2.32. The van der Waals surface area contributed by atoms with Crippen LogP contribution >= 0.6 is 12.4 Å². The van der Waals surface area contributed by atoms with E-state index in [9.17, 15) is 22.8 Å². The fourth-order valence-electron chi connectivity index (χ4n) is 4.97. The van der Waals surface area contributed by atoms with Crippen LogP contribution in [-0.2, 0) is 11.0 Å². The predicted molar refractivity (Wildman–Crippen MR) is 146 cm³/mol. The summed E-state index contributed by atoms with van der Waals surface area (Å²) < 4.78 is 74.5. The maximum atomic E-state index is 15.5. The molecule has 0 saturated carbocycles. The summed E-state index contributed by atoms with van der Waals surface area (Å²) in [6, 6.07) is 13.2. The predicted octanol–water partition coefficient (Wildman–Crippen LogP) is 5.16. The molecular formula is C28H27ClF5N5O2. The first kappa shape index (κ1) is 30.2. The lowest BCUT2D eigenvalue weighted by Crippen LogP contribution is -2.46. The second-order valence-electron chi connectivity index (χ2n) is 9.77. The standard InChI is InChI=1S/C28H26F5N5O2.ClH/c1-35-13-15-36(16-14-35)24(39)17-22-20-9-5-6-10-23(20)37(12-11-27(22,29)30)26(40)21-18-34-38(25(21)28(31,32)33)19-7-3-2-4-8-19;/h2-10,17-18H,11-16H2,1H3;1H. The number of carbonyl (C=O) groups excluding carboxylic acids is 2. The molecule has 0 radical (unpaired) electrons. The Morgan fingerprint density at radius 3 is 2.22 bits per heavy atom. The van der Waals surface area contributed by atoms with Gasteiger partial charge in [-0.05, 0) is 25.2 Å². The van der Waals surface area contributed by atoms with Gasteiger partial charge in [-0.15, -0.1) is 12.4 Å². The number of hydrogen-bond acceptors (Lipinski definition) is 4. The number of benzene rings is 2. The second-order valence-corrected chi connectivity index (χ2v) is 9.77. The van der Waals surface area contributed by atoms with E-state index in [1.807, 2.05) is 11.9 Å². The van der Waals surface area contributed by atoms with E-state index in [4.69, 9.17) is 0 Å². The van der Waals surface area contributed by atoms with Crippen LogP contribution in [-0.4, -0.2) is 77.1 Å². The molecule has 41 heavy (non-hydrogen) atoms. The van der Waals surface area contributed by atoms with Crippen LogP contribution in [0.2, 0.25) is 0 Å². The smallest absolute Gasteiger partial charge is 0.337 e. The topological polar surface area (TPSA) is 61.7 Å². The average molecular weight is 596 g/mol. The van der Waals surface area contributed by atoms with Crippen LogP contribution in [0.4, 0.5) is 27.6 Å². The quantitative estimate of drug-likeness (QED) is 0.310. The molecule has 1 aromatic heterocycles. The van der Waals surface area contributed by atoms with E-state index in [-0.39, 0.29) is 29.3 Å². The molecule has 0 atom stereocenters. The minimum atomic E-state index is -4.97. The van der Waals surface area contributed by atoms with Crippen molar-refractivity contribution in [3.8, 4) is 5.69 Å². The van der Waals surface area contributed by atoms with Gasteiger partial charge in [-0.1, -0.05) is 36.4 Å². The zero-order valence-corrected chi connectivity index (χ0v) is 22.8. The lowest BCUT2D eigenvalue weighted by atomic mass is 9.96. The van der Waals surface area contributed by atoms with Gasteiger partial charge in [0, 0.05) is 56.4 Å². The maximum Gasteiger partial charge on any atom is 0.434 e. The number of piperazine rings is 1. The van der Waals surface area contributed by atoms with Crippen LogP contribution in [0.15, 0.2) is 66.9 Å². The van der Waals surface area contributed by atoms with Gasteiger partial charge in [-0.3, -0.25) is 9.59 Å². The van der Waals surface area contributed by atoms with Crippen molar-refractivity contribution < 1.29 is 31.5 Å². The van der Waals surface area contributed by atoms with Crippen molar-refractivity contribution in [2.24, 2.45) is 0 Å². The number of fused-ring (bicyclic) bond motifs is 1. The van der Waals surface area contributed by atoms with Gasteiger partial charge in [-0.25, -0.2) is 13.5 Å². The summed E-state index contributed by atoms with van der Waals surface area (Å²) in [5.74, 6) is -5.22. The Bertz CT molecular complexity index is 1450. The Labute approximate surface area is 239 Å². The molecule has 0 spiro atoms. The zero-order valence-electron chi connectivity index (χ0n) is 21.9. The third-order valence-electron chi connectivity index (χ3n) is 7.13. The zero-order chi connectivity index (χ0) is 28.7. The Morgan fingerprint density at radius 2 is 1.56 bits per heavy atom. The molecule has 2 aliphatic heterocycles. The van der Waals surface area contributed by atoms with Crippen LogP contribution in [0.1, 0.15) is 28.0 Å². The molecule has 1 fully saturated rings. The van der Waals surface area contributed by atoms with Crippen molar-refractivity contribution in [1.29, 1.82) is 0 Å². The largest absolute Gasteiger partial charge is 0.434 e. The first-order chi connectivity index (χ1) is 19.0. The number of alkyl halides is 5. The fraction of sp³-hybridized carbons (Fsp3) is 0.321. The average Bonchev–Trinajstić information content (AvgIpc) is 3.35. The number of amides is 2. The molecule has 0 unspecified atom stereocenters. The van der Waals surface area contributed by atoms with Gasteiger partial charge < -0.3 is 14.7 Å². The van der Waals surface area contributed by atoms with Crippen molar-refractivity contribution >= 4 is 35.5 Å². The van der Waals surface area contributed by atoms with Crippen molar-refractivity contribution in [1.82, 2.24) is 19.6 Å². The Balaban J connectivity index is 0.00000387. The summed E-state index contributed by atoms with van der Waals surface area (Å²) >= 11 is 0. The molecule has 7 nitrogen and oxygen atoms in total. The molecule has 3 aromatic rings. The minimum absolute atomic E-state index is 0. The Kier molecular flexibility index (Phi) is 8.55. The van der Waals surface area contributed by atoms with E-state index in [1.54, 1.807) is 6.07 Å². The number of nitrogens with zero attached hydrogens (tertiary/aromatic N) is 5. The highest BCUT2D eigenvalue weighted by molar-refractivity contribution is 6.09. The van der Waals surface area contributed by atoms with Gasteiger partial charge >= 0.3 is 6.18 Å². The number of halogens is 6. The molecule has 2 amide bonds. The Hall–Kier alpha value is -3.77.